The molecule has 3 aromatic rings. The average molecular weight is 492 g/mol. The molecule has 2 aliphatic rings. The van der Waals surface area contributed by atoms with Crippen molar-refractivity contribution in [2.24, 2.45) is 0 Å². The van der Waals surface area contributed by atoms with Gasteiger partial charge in [0, 0.05) is 12.6 Å². The molecule has 36 heavy (non-hydrogen) atoms. The van der Waals surface area contributed by atoms with Gasteiger partial charge in [-0.3, -0.25) is 14.4 Å². The quantitative estimate of drug-likeness (QED) is 0.500. The van der Waals surface area contributed by atoms with Gasteiger partial charge < -0.3 is 29.3 Å². The molecule has 188 valence electrons. The number of hydrogen-bond acceptors (Lipinski definition) is 6. The van der Waals surface area contributed by atoms with Gasteiger partial charge in [0.2, 0.25) is 5.91 Å². The number of carbonyl (C=O) groups excluding carboxylic acids is 3. The second-order valence-corrected chi connectivity index (χ2v) is 9.48. The SMILES string of the molecule is COc1ccc(CNC(=O)C2(C)Cn3cnc(C(=O)NCc4ccc(C)o4)c3C(=O)N2C2CC2)cc1. The fourth-order valence-corrected chi connectivity index (χ4v) is 4.67. The van der Waals surface area contributed by atoms with Crippen LogP contribution in [0.3, 0.4) is 0 Å². The second-order valence-electron chi connectivity index (χ2n) is 9.48. The molecule has 0 bridgehead atoms. The Morgan fingerprint density at radius 1 is 1.14 bits per heavy atom. The van der Waals surface area contributed by atoms with Crippen LogP contribution >= 0.6 is 0 Å². The molecule has 1 aliphatic carbocycles. The average Bonchev–Trinajstić information content (AvgIpc) is 3.46. The number of amides is 3. The monoisotopic (exact) mass is 491 g/mol. The van der Waals surface area contributed by atoms with Crippen LogP contribution < -0.4 is 15.4 Å². The number of methoxy groups -OCH3 is 1. The fraction of sp³-hybridized carbons (Fsp3) is 0.385. The van der Waals surface area contributed by atoms with Gasteiger partial charge in [-0.05, 0) is 56.5 Å². The molecular formula is C26H29N5O5. The van der Waals surface area contributed by atoms with Crippen LogP contribution in [0.1, 0.15) is 57.8 Å². The van der Waals surface area contributed by atoms with Crippen molar-refractivity contribution in [1.29, 1.82) is 0 Å². The van der Waals surface area contributed by atoms with E-state index in [1.807, 2.05) is 37.3 Å². The number of nitrogens with one attached hydrogen (secondary N) is 2. The summed E-state index contributed by atoms with van der Waals surface area (Å²) in [6.07, 6.45) is 3.10. The van der Waals surface area contributed by atoms with Crippen LogP contribution in [-0.4, -0.2) is 50.9 Å². The van der Waals surface area contributed by atoms with Gasteiger partial charge in [0.25, 0.3) is 11.8 Å². The van der Waals surface area contributed by atoms with Crippen molar-refractivity contribution in [1.82, 2.24) is 25.1 Å². The Morgan fingerprint density at radius 3 is 2.53 bits per heavy atom. The molecule has 3 heterocycles. The van der Waals surface area contributed by atoms with Crippen LogP contribution in [0.4, 0.5) is 0 Å². The predicted octanol–water partition coefficient (Wildman–Crippen LogP) is 2.42. The van der Waals surface area contributed by atoms with Gasteiger partial charge in [0.05, 0.1) is 26.5 Å². The maximum Gasteiger partial charge on any atom is 0.274 e. The number of aromatic nitrogens is 2. The Morgan fingerprint density at radius 2 is 1.89 bits per heavy atom. The minimum Gasteiger partial charge on any atom is -0.497 e. The fourth-order valence-electron chi connectivity index (χ4n) is 4.67. The Hall–Kier alpha value is -4.08. The highest BCUT2D eigenvalue weighted by atomic mass is 16.5. The van der Waals surface area contributed by atoms with Gasteiger partial charge in [-0.25, -0.2) is 4.98 Å². The summed E-state index contributed by atoms with van der Waals surface area (Å²) < 4.78 is 12.3. The first kappa shape index (κ1) is 23.7. The molecule has 3 amide bonds. The lowest BCUT2D eigenvalue weighted by Crippen LogP contribution is -2.64. The van der Waals surface area contributed by atoms with Crippen molar-refractivity contribution in [3.63, 3.8) is 0 Å². The molecule has 10 heteroatoms. The highest BCUT2D eigenvalue weighted by Crippen LogP contribution is 2.38. The number of aryl methyl sites for hydroxylation is 1. The van der Waals surface area contributed by atoms with Crippen LogP contribution in [0.2, 0.25) is 0 Å². The molecule has 1 unspecified atom stereocenters. The number of ether oxygens (including phenoxy) is 1. The van der Waals surface area contributed by atoms with Crippen molar-refractivity contribution in [3.05, 3.63) is 71.2 Å². The molecule has 1 atom stereocenters. The van der Waals surface area contributed by atoms with Crippen molar-refractivity contribution in [2.45, 2.75) is 57.9 Å². The Kier molecular flexibility index (Phi) is 6.03. The highest BCUT2D eigenvalue weighted by Gasteiger charge is 2.53. The van der Waals surface area contributed by atoms with Crippen molar-refractivity contribution >= 4 is 17.7 Å². The third-order valence-electron chi connectivity index (χ3n) is 6.72. The van der Waals surface area contributed by atoms with E-state index in [1.165, 1.54) is 6.33 Å². The molecular weight excluding hydrogens is 462 g/mol. The van der Waals surface area contributed by atoms with Crippen LogP contribution in [0.5, 0.6) is 5.75 Å². The number of hydrogen-bond donors (Lipinski definition) is 2. The molecule has 10 nitrogen and oxygen atoms in total. The molecule has 2 N–H and O–H groups in total. The first-order valence-corrected chi connectivity index (χ1v) is 11.9. The molecule has 1 aromatic carbocycles. The van der Waals surface area contributed by atoms with Gasteiger partial charge in [-0.2, -0.15) is 0 Å². The Bertz CT molecular complexity index is 1310. The highest BCUT2D eigenvalue weighted by molar-refractivity contribution is 6.07. The molecule has 1 aliphatic heterocycles. The van der Waals surface area contributed by atoms with E-state index in [9.17, 15) is 14.4 Å². The van der Waals surface area contributed by atoms with E-state index in [0.717, 1.165) is 29.9 Å². The second kappa shape index (κ2) is 9.18. The first-order valence-electron chi connectivity index (χ1n) is 11.9. The van der Waals surface area contributed by atoms with E-state index in [4.69, 9.17) is 9.15 Å². The van der Waals surface area contributed by atoms with Gasteiger partial charge in [-0.1, -0.05) is 12.1 Å². The molecule has 1 fully saturated rings. The summed E-state index contributed by atoms with van der Waals surface area (Å²) in [5.74, 6) is 1.02. The minimum atomic E-state index is -1.11. The third kappa shape index (κ3) is 4.34. The lowest BCUT2D eigenvalue weighted by Gasteiger charge is -2.44. The van der Waals surface area contributed by atoms with Gasteiger partial charge >= 0.3 is 0 Å². The van der Waals surface area contributed by atoms with E-state index in [2.05, 4.69) is 15.6 Å². The van der Waals surface area contributed by atoms with Crippen molar-refractivity contribution < 1.29 is 23.5 Å². The summed E-state index contributed by atoms with van der Waals surface area (Å²) in [6, 6.07) is 11.0. The van der Waals surface area contributed by atoms with E-state index in [1.54, 1.807) is 29.6 Å². The molecule has 0 spiro atoms. The molecule has 5 rings (SSSR count). The zero-order valence-electron chi connectivity index (χ0n) is 20.5. The van der Waals surface area contributed by atoms with Gasteiger partial charge in [0.15, 0.2) is 5.69 Å². The summed E-state index contributed by atoms with van der Waals surface area (Å²) in [4.78, 5) is 46.0. The standard InChI is InChI=1S/C26H29N5O5/c1-16-4-9-20(36-16)13-27-23(32)21-22-24(33)31(18-7-8-18)26(2,14-30(22)15-29-21)25(34)28-12-17-5-10-19(35-3)11-6-17/h4-6,9-11,15,18H,7-8,12-14H2,1-3H3,(H,27,32)(H,28,34). The molecule has 1 saturated carbocycles. The molecule has 2 aromatic heterocycles. The number of furan rings is 1. The van der Waals surface area contributed by atoms with E-state index in [-0.39, 0.29) is 42.3 Å². The summed E-state index contributed by atoms with van der Waals surface area (Å²) in [6.45, 7) is 4.31. The number of imidazole rings is 1. The maximum absolute atomic E-state index is 13.7. The van der Waals surface area contributed by atoms with Crippen LogP contribution in [0.25, 0.3) is 0 Å². The predicted molar refractivity (Wildman–Crippen MR) is 129 cm³/mol. The summed E-state index contributed by atoms with van der Waals surface area (Å²) in [5, 5.41) is 5.75. The molecule has 0 radical (unpaired) electrons. The normalized spacial score (nSPS) is 19.1. The van der Waals surface area contributed by atoms with Crippen LogP contribution in [0.15, 0.2) is 47.1 Å². The maximum atomic E-state index is 13.7. The summed E-state index contributed by atoms with van der Waals surface area (Å²) >= 11 is 0. The van der Waals surface area contributed by atoms with Gasteiger partial charge in [0.1, 0.15) is 28.5 Å². The lowest BCUT2D eigenvalue weighted by molar-refractivity contribution is -0.133. The first-order chi connectivity index (χ1) is 17.3. The van der Waals surface area contributed by atoms with Gasteiger partial charge in [-0.15, -0.1) is 0 Å². The number of fused-ring (bicyclic) bond motifs is 1. The van der Waals surface area contributed by atoms with E-state index in [0.29, 0.717) is 12.3 Å². The van der Waals surface area contributed by atoms with Crippen LogP contribution in [0, 0.1) is 6.92 Å². The topological polar surface area (TPSA) is 119 Å². The number of rotatable bonds is 8. The molecule has 0 saturated heterocycles. The zero-order valence-corrected chi connectivity index (χ0v) is 20.5. The number of nitrogens with zero attached hydrogens (tertiary/aromatic N) is 3. The van der Waals surface area contributed by atoms with Crippen molar-refractivity contribution in [2.75, 3.05) is 7.11 Å². The zero-order chi connectivity index (χ0) is 25.4. The third-order valence-corrected chi connectivity index (χ3v) is 6.72. The van der Waals surface area contributed by atoms with E-state index >= 15 is 0 Å². The number of benzene rings is 1. The van der Waals surface area contributed by atoms with Crippen molar-refractivity contribution in [3.8, 4) is 5.75 Å². The van der Waals surface area contributed by atoms with E-state index < -0.39 is 11.4 Å². The largest absolute Gasteiger partial charge is 0.497 e. The lowest BCUT2D eigenvalue weighted by atomic mass is 9.93. The Balaban J connectivity index is 1.34. The number of carbonyl (C=O) groups is 3. The Labute approximate surface area is 208 Å². The summed E-state index contributed by atoms with van der Waals surface area (Å²) in [5.41, 5.74) is 0.0599. The minimum absolute atomic E-state index is 0.0418. The smallest absolute Gasteiger partial charge is 0.274 e. The summed E-state index contributed by atoms with van der Waals surface area (Å²) in [7, 11) is 1.60. The van der Waals surface area contributed by atoms with Crippen LogP contribution in [-0.2, 0) is 24.4 Å².